The molecule has 0 aliphatic carbocycles. The van der Waals surface area contributed by atoms with Gasteiger partial charge in [-0.1, -0.05) is 46.9 Å². The minimum Gasteiger partial charge on any atom is -0.493 e. The molecule has 7 nitrogen and oxygen atoms in total. The van der Waals surface area contributed by atoms with Gasteiger partial charge in [0.1, 0.15) is 18.0 Å². The van der Waals surface area contributed by atoms with E-state index >= 15 is 0 Å². The van der Waals surface area contributed by atoms with Crippen LogP contribution in [0.25, 0.3) is 5.69 Å². The molecule has 10 heteroatoms. The van der Waals surface area contributed by atoms with Gasteiger partial charge in [-0.3, -0.25) is 4.57 Å². The normalized spacial score (nSPS) is 20.3. The van der Waals surface area contributed by atoms with Crippen LogP contribution in [-0.2, 0) is 14.2 Å². The average Bonchev–Trinajstić information content (AvgIpc) is 3.41. The Morgan fingerprint density at radius 3 is 2.55 bits per heavy atom. The number of para-hydroxylation sites is 1. The van der Waals surface area contributed by atoms with Gasteiger partial charge >= 0.3 is 0 Å². The number of rotatable bonds is 5. The molecule has 0 saturated carbocycles. The number of nitrogens with zero attached hydrogens (tertiary/aromatic N) is 2. The van der Waals surface area contributed by atoms with Crippen molar-refractivity contribution >= 4 is 34.8 Å². The van der Waals surface area contributed by atoms with Gasteiger partial charge in [0.05, 0.1) is 33.1 Å². The fraction of sp³-hybridized carbons (Fsp3) is 0.348. The van der Waals surface area contributed by atoms with Crippen LogP contribution in [0.15, 0.2) is 36.4 Å². The Morgan fingerprint density at radius 1 is 1.03 bits per heavy atom. The second-order valence-electron chi connectivity index (χ2n) is 7.58. The Hall–Kier alpha value is -2.00. The number of halogens is 3. The summed E-state index contributed by atoms with van der Waals surface area (Å²) < 4.78 is 31.2. The molecule has 174 valence electrons. The third-order valence-electron chi connectivity index (χ3n) is 5.72. The molecule has 3 aromatic rings. The lowest BCUT2D eigenvalue weighted by Crippen LogP contribution is -2.19. The number of benzene rings is 2. The lowest BCUT2D eigenvalue weighted by atomic mass is 9.98. The third kappa shape index (κ3) is 4.07. The van der Waals surface area contributed by atoms with E-state index in [9.17, 15) is 0 Å². The highest BCUT2D eigenvalue weighted by Gasteiger charge is 2.37. The molecule has 1 saturated heterocycles. The van der Waals surface area contributed by atoms with Crippen LogP contribution in [0.1, 0.15) is 35.6 Å². The summed E-state index contributed by atoms with van der Waals surface area (Å²) in [6, 6.07) is 11.2. The van der Waals surface area contributed by atoms with Crippen molar-refractivity contribution in [3.8, 4) is 17.2 Å². The van der Waals surface area contributed by atoms with E-state index < -0.39 is 18.5 Å². The monoisotopic (exact) mass is 510 g/mol. The van der Waals surface area contributed by atoms with Crippen molar-refractivity contribution in [1.29, 1.82) is 0 Å². The summed E-state index contributed by atoms with van der Waals surface area (Å²) in [5.41, 5.74) is 2.30. The van der Waals surface area contributed by atoms with Crippen LogP contribution >= 0.6 is 34.8 Å². The number of fused-ring (bicyclic) bond motifs is 3. The number of aromatic nitrogens is 2. The molecule has 2 aromatic carbocycles. The van der Waals surface area contributed by atoms with Crippen LogP contribution in [0.3, 0.4) is 0 Å². The largest absolute Gasteiger partial charge is 0.493 e. The Labute approximate surface area is 206 Å². The molecule has 2 unspecified atom stereocenters. The van der Waals surface area contributed by atoms with E-state index in [0.29, 0.717) is 42.0 Å². The number of methoxy groups -OCH3 is 2. The molecule has 0 N–H and O–H groups in total. The summed E-state index contributed by atoms with van der Waals surface area (Å²) in [5.74, 6) is 1.70. The van der Waals surface area contributed by atoms with E-state index in [2.05, 4.69) is 4.98 Å². The molecular formula is C23H21Cl3N2O5. The van der Waals surface area contributed by atoms with Crippen molar-refractivity contribution in [3.63, 3.8) is 0 Å². The Morgan fingerprint density at radius 2 is 1.82 bits per heavy atom. The SMILES string of the molecule is COc1cccc(C2OC(CC3OCCO3)c3nc(Cl)c(Cl)n3-c3ccc(Cl)cc32)c1OC. The topological polar surface area (TPSA) is 64.0 Å². The lowest BCUT2D eigenvalue weighted by molar-refractivity contribution is -0.0969. The predicted octanol–water partition coefficient (Wildman–Crippen LogP) is 5.77. The second-order valence-corrected chi connectivity index (χ2v) is 8.74. The molecule has 0 bridgehead atoms. The molecule has 2 aliphatic heterocycles. The van der Waals surface area contributed by atoms with Crippen molar-refractivity contribution < 1.29 is 23.7 Å². The fourth-order valence-electron chi connectivity index (χ4n) is 4.31. The van der Waals surface area contributed by atoms with Gasteiger partial charge in [0.15, 0.2) is 28.1 Å². The van der Waals surface area contributed by atoms with Gasteiger partial charge in [0, 0.05) is 22.6 Å². The van der Waals surface area contributed by atoms with Crippen molar-refractivity contribution in [3.05, 3.63) is 68.7 Å². The van der Waals surface area contributed by atoms with E-state index in [1.807, 2.05) is 30.3 Å². The minimum atomic E-state index is -0.577. The Kier molecular flexibility index (Phi) is 6.44. The van der Waals surface area contributed by atoms with Crippen LogP contribution < -0.4 is 9.47 Å². The maximum absolute atomic E-state index is 6.72. The van der Waals surface area contributed by atoms with Gasteiger partial charge in [-0.25, -0.2) is 4.98 Å². The Balaban J connectivity index is 1.72. The zero-order valence-electron chi connectivity index (χ0n) is 17.9. The molecule has 2 aliphatic rings. The Bertz CT molecular complexity index is 1180. The summed E-state index contributed by atoms with van der Waals surface area (Å²) in [6.45, 7) is 1.05. The van der Waals surface area contributed by atoms with Gasteiger partial charge < -0.3 is 23.7 Å². The highest BCUT2D eigenvalue weighted by atomic mass is 35.5. The predicted molar refractivity (Wildman–Crippen MR) is 124 cm³/mol. The fourth-order valence-corrected chi connectivity index (χ4v) is 4.88. The number of hydrogen-bond acceptors (Lipinski definition) is 6. The van der Waals surface area contributed by atoms with Gasteiger partial charge in [0.25, 0.3) is 0 Å². The summed E-state index contributed by atoms with van der Waals surface area (Å²) in [4.78, 5) is 4.53. The number of hydrogen-bond donors (Lipinski definition) is 0. The summed E-state index contributed by atoms with van der Waals surface area (Å²) >= 11 is 19.4. The second kappa shape index (κ2) is 9.33. The molecule has 1 fully saturated rings. The number of imidazole rings is 1. The molecule has 2 atom stereocenters. The molecule has 3 heterocycles. The molecule has 5 rings (SSSR count). The zero-order valence-corrected chi connectivity index (χ0v) is 20.2. The molecule has 0 radical (unpaired) electrons. The first-order valence-electron chi connectivity index (χ1n) is 10.3. The van der Waals surface area contributed by atoms with Gasteiger partial charge in [-0.2, -0.15) is 0 Å². The summed E-state index contributed by atoms with van der Waals surface area (Å²) in [6.07, 6.45) is -1.17. The van der Waals surface area contributed by atoms with Gasteiger partial charge in [-0.05, 0) is 24.3 Å². The van der Waals surface area contributed by atoms with Gasteiger partial charge in [0.2, 0.25) is 0 Å². The van der Waals surface area contributed by atoms with Crippen LogP contribution in [0.5, 0.6) is 11.5 Å². The maximum atomic E-state index is 6.72. The summed E-state index contributed by atoms with van der Waals surface area (Å²) in [7, 11) is 3.19. The van der Waals surface area contributed by atoms with Gasteiger partial charge in [-0.15, -0.1) is 0 Å². The van der Waals surface area contributed by atoms with E-state index in [0.717, 1.165) is 16.8 Å². The van der Waals surface area contributed by atoms with Crippen molar-refractivity contribution in [2.45, 2.75) is 24.9 Å². The molecule has 33 heavy (non-hydrogen) atoms. The minimum absolute atomic E-state index is 0.187. The first kappa shape index (κ1) is 22.8. The first-order valence-corrected chi connectivity index (χ1v) is 11.5. The summed E-state index contributed by atoms with van der Waals surface area (Å²) in [5, 5.41) is 1.02. The molecule has 0 spiro atoms. The molecule has 1 aromatic heterocycles. The van der Waals surface area contributed by atoms with Crippen molar-refractivity contribution in [2.75, 3.05) is 27.4 Å². The van der Waals surface area contributed by atoms with Crippen LogP contribution in [-0.4, -0.2) is 43.3 Å². The molecule has 0 amide bonds. The van der Waals surface area contributed by atoms with E-state index in [1.54, 1.807) is 24.9 Å². The lowest BCUT2D eigenvalue weighted by Gasteiger charge is -2.26. The van der Waals surface area contributed by atoms with Crippen LogP contribution in [0.4, 0.5) is 0 Å². The standard InChI is InChI=1S/C23H21Cl3N2O5/c1-29-16-5-3-4-13(20(16)30-2)19-14-10-12(24)6-7-15(14)28-22(26)21(25)27-23(28)17(33-19)11-18-31-8-9-32-18/h3-7,10,17-19H,8-9,11H2,1-2H3. The smallest absolute Gasteiger partial charge is 0.167 e. The maximum Gasteiger partial charge on any atom is 0.167 e. The van der Waals surface area contributed by atoms with Crippen LogP contribution in [0, 0.1) is 0 Å². The van der Waals surface area contributed by atoms with Crippen molar-refractivity contribution in [1.82, 2.24) is 9.55 Å². The number of ether oxygens (including phenoxy) is 5. The third-order valence-corrected chi connectivity index (χ3v) is 6.67. The quantitative estimate of drug-likeness (QED) is 0.433. The van der Waals surface area contributed by atoms with Crippen LogP contribution in [0.2, 0.25) is 15.3 Å². The van der Waals surface area contributed by atoms with E-state index in [1.165, 1.54) is 0 Å². The van der Waals surface area contributed by atoms with E-state index in [-0.39, 0.29) is 10.3 Å². The first-order chi connectivity index (χ1) is 16.0. The molecular weight excluding hydrogens is 491 g/mol. The van der Waals surface area contributed by atoms with E-state index in [4.69, 9.17) is 58.5 Å². The highest BCUT2D eigenvalue weighted by molar-refractivity contribution is 6.40. The van der Waals surface area contributed by atoms with Crippen molar-refractivity contribution in [2.24, 2.45) is 0 Å². The zero-order chi connectivity index (χ0) is 23.1. The average molecular weight is 512 g/mol. The highest BCUT2D eigenvalue weighted by Crippen LogP contribution is 2.48.